The fourth-order valence-electron chi connectivity index (χ4n) is 4.84. The van der Waals surface area contributed by atoms with E-state index in [9.17, 15) is 4.79 Å². The van der Waals surface area contributed by atoms with Crippen LogP contribution in [0.1, 0.15) is 47.1 Å². The summed E-state index contributed by atoms with van der Waals surface area (Å²) >= 11 is 0. The monoisotopic (exact) mass is 319 g/mol. The maximum absolute atomic E-state index is 12.0. The van der Waals surface area contributed by atoms with Gasteiger partial charge in [-0.2, -0.15) is 0 Å². The van der Waals surface area contributed by atoms with E-state index in [1.54, 1.807) is 0 Å². The molecule has 24 heavy (non-hydrogen) atoms. The molecule has 0 aromatic heterocycles. The first kappa shape index (κ1) is 14.1. The van der Waals surface area contributed by atoms with Crippen molar-refractivity contribution in [2.75, 3.05) is 18.1 Å². The molecular formula is C21H21NO2. The topological polar surface area (TPSA) is 29.5 Å². The Labute approximate surface area is 142 Å². The molecule has 1 aliphatic carbocycles. The van der Waals surface area contributed by atoms with Crippen molar-refractivity contribution < 1.29 is 9.53 Å². The maximum Gasteiger partial charge on any atom is 0.307 e. The third-order valence-corrected chi connectivity index (χ3v) is 5.85. The zero-order chi connectivity index (χ0) is 16.1. The Morgan fingerprint density at radius 3 is 2.83 bits per heavy atom. The Morgan fingerprint density at radius 2 is 1.88 bits per heavy atom. The summed E-state index contributed by atoms with van der Waals surface area (Å²) in [5.74, 6) is 0.519. The van der Waals surface area contributed by atoms with E-state index < -0.39 is 0 Å². The number of hydrogen-bond acceptors (Lipinski definition) is 3. The zero-order valence-corrected chi connectivity index (χ0v) is 13.7. The minimum Gasteiger partial charge on any atom is -0.465 e. The Morgan fingerprint density at radius 1 is 1.00 bits per heavy atom. The van der Waals surface area contributed by atoms with Gasteiger partial charge in [-0.1, -0.05) is 36.4 Å². The largest absolute Gasteiger partial charge is 0.465 e. The first-order valence-corrected chi connectivity index (χ1v) is 8.93. The number of fused-ring (bicyclic) bond motifs is 4. The van der Waals surface area contributed by atoms with Crippen molar-refractivity contribution in [2.24, 2.45) is 0 Å². The van der Waals surface area contributed by atoms with Crippen LogP contribution in [-0.4, -0.2) is 19.1 Å². The number of ether oxygens (including phenoxy) is 1. The maximum atomic E-state index is 12.0. The van der Waals surface area contributed by atoms with Crippen molar-refractivity contribution in [3.8, 4) is 0 Å². The first-order valence-electron chi connectivity index (χ1n) is 8.93. The molecule has 2 bridgehead atoms. The average molecular weight is 319 g/mol. The second-order valence-electron chi connectivity index (χ2n) is 7.12. The summed E-state index contributed by atoms with van der Waals surface area (Å²) in [6.07, 6.45) is 3.58. The van der Waals surface area contributed by atoms with Gasteiger partial charge in [0.1, 0.15) is 0 Å². The Balaban J connectivity index is 1.71. The molecule has 2 atom stereocenters. The lowest BCUT2D eigenvalue weighted by atomic mass is 9.71. The summed E-state index contributed by atoms with van der Waals surface area (Å²) in [5.41, 5.74) is 7.10. The van der Waals surface area contributed by atoms with Crippen molar-refractivity contribution in [2.45, 2.75) is 37.6 Å². The molecule has 2 aromatic rings. The van der Waals surface area contributed by atoms with Crippen LogP contribution in [0.4, 0.5) is 5.69 Å². The van der Waals surface area contributed by atoms with Crippen LogP contribution in [0, 0.1) is 0 Å². The lowest BCUT2D eigenvalue weighted by Crippen LogP contribution is -2.40. The second kappa shape index (κ2) is 5.37. The molecule has 2 aliphatic heterocycles. The van der Waals surface area contributed by atoms with Gasteiger partial charge >= 0.3 is 5.97 Å². The van der Waals surface area contributed by atoms with Gasteiger partial charge < -0.3 is 9.64 Å². The van der Waals surface area contributed by atoms with E-state index in [1.807, 2.05) is 0 Å². The van der Waals surface area contributed by atoms with Gasteiger partial charge in [-0.05, 0) is 47.1 Å². The molecule has 3 aliphatic rings. The van der Waals surface area contributed by atoms with Crippen LogP contribution in [0.5, 0.6) is 0 Å². The van der Waals surface area contributed by atoms with E-state index in [1.165, 1.54) is 27.9 Å². The molecule has 2 heterocycles. The highest BCUT2D eigenvalue weighted by atomic mass is 16.5. The van der Waals surface area contributed by atoms with E-state index in [0.29, 0.717) is 25.0 Å². The molecule has 3 heteroatoms. The summed E-state index contributed by atoms with van der Waals surface area (Å²) in [6.45, 7) is 1.24. The Hall–Kier alpha value is -2.29. The summed E-state index contributed by atoms with van der Waals surface area (Å²) in [5, 5.41) is 0. The van der Waals surface area contributed by atoms with Crippen LogP contribution >= 0.6 is 0 Å². The number of benzene rings is 2. The van der Waals surface area contributed by atoms with Crippen LogP contribution in [0.15, 0.2) is 42.5 Å². The summed E-state index contributed by atoms with van der Waals surface area (Å²) in [7, 11) is 0. The van der Waals surface area contributed by atoms with Crippen LogP contribution in [-0.2, 0) is 22.4 Å². The molecule has 0 saturated heterocycles. The van der Waals surface area contributed by atoms with Crippen molar-refractivity contribution in [1.82, 2.24) is 0 Å². The molecule has 0 radical (unpaired) electrons. The quantitative estimate of drug-likeness (QED) is 0.692. The Bertz CT molecular complexity index is 813. The van der Waals surface area contributed by atoms with Crippen LogP contribution in [0.3, 0.4) is 0 Å². The molecule has 122 valence electrons. The lowest BCUT2D eigenvalue weighted by molar-refractivity contribution is -0.143. The van der Waals surface area contributed by atoms with Gasteiger partial charge in [0, 0.05) is 18.7 Å². The van der Waals surface area contributed by atoms with E-state index in [2.05, 4.69) is 47.4 Å². The molecule has 0 saturated carbocycles. The van der Waals surface area contributed by atoms with Crippen molar-refractivity contribution >= 4 is 11.7 Å². The number of carbonyl (C=O) groups excluding carboxylic acids is 1. The summed E-state index contributed by atoms with van der Waals surface area (Å²) < 4.78 is 5.43. The van der Waals surface area contributed by atoms with Crippen molar-refractivity contribution in [3.63, 3.8) is 0 Å². The van der Waals surface area contributed by atoms with Gasteiger partial charge in [0.05, 0.1) is 19.1 Å². The number of nitrogens with zero attached hydrogens (tertiary/aromatic N) is 1. The minimum absolute atomic E-state index is 0.0787. The highest BCUT2D eigenvalue weighted by molar-refractivity contribution is 5.71. The number of para-hydroxylation sites is 1. The number of rotatable bonds is 0. The van der Waals surface area contributed by atoms with E-state index >= 15 is 0 Å². The molecular weight excluding hydrogens is 298 g/mol. The summed E-state index contributed by atoms with van der Waals surface area (Å²) in [6, 6.07) is 15.8. The van der Waals surface area contributed by atoms with E-state index in [-0.39, 0.29) is 5.97 Å². The smallest absolute Gasteiger partial charge is 0.307 e. The van der Waals surface area contributed by atoms with Gasteiger partial charge in [0.25, 0.3) is 0 Å². The fourth-order valence-corrected chi connectivity index (χ4v) is 4.84. The molecule has 3 nitrogen and oxygen atoms in total. The second-order valence-corrected chi connectivity index (χ2v) is 7.12. The predicted octanol–water partition coefficient (Wildman–Crippen LogP) is 3.77. The summed E-state index contributed by atoms with van der Waals surface area (Å²) in [4.78, 5) is 14.5. The number of esters is 1. The predicted molar refractivity (Wildman–Crippen MR) is 93.3 cm³/mol. The van der Waals surface area contributed by atoms with Crippen molar-refractivity contribution in [1.29, 1.82) is 0 Å². The van der Waals surface area contributed by atoms with Gasteiger partial charge in [-0.25, -0.2) is 0 Å². The Kier molecular flexibility index (Phi) is 3.15. The number of hydrogen-bond donors (Lipinski definition) is 0. The SMILES string of the molecule is O=C1CCN2c3ccccc3[C@@H]3Cc4cccc(c4[C@@H]2C3)CCO1. The highest BCUT2D eigenvalue weighted by Crippen LogP contribution is 2.51. The van der Waals surface area contributed by atoms with E-state index in [0.717, 1.165) is 25.8 Å². The van der Waals surface area contributed by atoms with Crippen LogP contribution in [0.2, 0.25) is 0 Å². The zero-order valence-electron chi connectivity index (χ0n) is 13.7. The molecule has 2 aromatic carbocycles. The number of carbonyl (C=O) groups is 1. The standard InChI is InChI=1S/C21H21NO2/c23-20-8-10-22-18-7-2-1-6-17(18)16-12-15-5-3-4-14(9-11-24-20)21(15)19(22)13-16/h1-7,16,19H,8-13H2/t16-,19+/m1/s1. The van der Waals surface area contributed by atoms with Gasteiger partial charge in [0.15, 0.2) is 0 Å². The lowest BCUT2D eigenvalue weighted by Gasteiger charge is -2.47. The van der Waals surface area contributed by atoms with E-state index in [4.69, 9.17) is 4.74 Å². The number of cyclic esters (lactones) is 1. The van der Waals surface area contributed by atoms with Crippen LogP contribution in [0.25, 0.3) is 0 Å². The number of anilines is 1. The molecule has 0 N–H and O–H groups in total. The van der Waals surface area contributed by atoms with Gasteiger partial charge in [0.2, 0.25) is 0 Å². The highest BCUT2D eigenvalue weighted by Gasteiger charge is 2.39. The fraction of sp³-hybridized carbons (Fsp3) is 0.381. The van der Waals surface area contributed by atoms with Crippen LogP contribution < -0.4 is 4.90 Å². The molecule has 5 rings (SSSR count). The normalized spacial score (nSPS) is 24.8. The molecule has 0 unspecified atom stereocenters. The molecule has 0 spiro atoms. The average Bonchev–Trinajstić information content (AvgIpc) is 2.61. The van der Waals surface area contributed by atoms with Gasteiger partial charge in [-0.15, -0.1) is 0 Å². The third-order valence-electron chi connectivity index (χ3n) is 5.85. The van der Waals surface area contributed by atoms with Gasteiger partial charge in [-0.3, -0.25) is 4.79 Å². The van der Waals surface area contributed by atoms with Crippen molar-refractivity contribution in [3.05, 3.63) is 64.7 Å². The third kappa shape index (κ3) is 2.07. The molecule has 0 fully saturated rings. The molecule has 0 amide bonds. The first-order chi connectivity index (χ1) is 11.8. The minimum atomic E-state index is -0.0787.